The second-order valence-electron chi connectivity index (χ2n) is 4.07. The second-order valence-corrected chi connectivity index (χ2v) is 5.15. The molecule has 0 spiro atoms. The van der Waals surface area contributed by atoms with E-state index in [2.05, 4.69) is 19.2 Å². The summed E-state index contributed by atoms with van der Waals surface area (Å²) in [6, 6.07) is -0.0321. The van der Waals surface area contributed by atoms with E-state index in [-0.39, 0.29) is 12.5 Å². The van der Waals surface area contributed by atoms with Crippen LogP contribution in [-0.4, -0.2) is 30.8 Å². The highest BCUT2D eigenvalue weighted by atomic mass is 32.2. The molecule has 0 aromatic carbocycles. The lowest BCUT2D eigenvalue weighted by Gasteiger charge is -2.17. The molecule has 0 heterocycles. The van der Waals surface area contributed by atoms with Crippen molar-refractivity contribution in [3.05, 3.63) is 0 Å². The first-order chi connectivity index (χ1) is 6.85. The molecule has 1 N–H and O–H groups in total. The highest BCUT2D eigenvalue weighted by Crippen LogP contribution is 2.23. The smallest absolute Gasteiger partial charge is 0.316 e. The van der Waals surface area contributed by atoms with Crippen LogP contribution in [0.3, 0.4) is 0 Å². The average molecular weight is 243 g/mol. The fraction of sp³-hybridized carbons (Fsp3) is 1.00. The Bertz CT molecular complexity index is 159. The van der Waals surface area contributed by atoms with Crippen LogP contribution in [0.1, 0.15) is 26.7 Å². The molecule has 0 aromatic rings. The van der Waals surface area contributed by atoms with Crippen LogP contribution in [0.4, 0.5) is 13.2 Å². The van der Waals surface area contributed by atoms with E-state index in [4.69, 9.17) is 0 Å². The molecule has 92 valence electrons. The summed E-state index contributed by atoms with van der Waals surface area (Å²) in [6.45, 7) is 4.22. The summed E-state index contributed by atoms with van der Waals surface area (Å²) in [6.07, 6.45) is -4.55. The lowest BCUT2D eigenvalue weighted by atomic mass is 10.2. The highest BCUT2D eigenvalue weighted by molar-refractivity contribution is 7.99. The Kier molecular flexibility index (Phi) is 7.44. The molecular weight excluding hydrogens is 223 g/mol. The molecule has 0 radical (unpaired) electrons. The fourth-order valence-electron chi connectivity index (χ4n) is 1.09. The number of halogens is 3. The van der Waals surface area contributed by atoms with E-state index in [1.807, 2.05) is 0 Å². The Hall–Kier alpha value is 0.100. The molecule has 0 fully saturated rings. The molecule has 0 saturated heterocycles. The molecule has 1 atom stereocenters. The molecule has 15 heavy (non-hydrogen) atoms. The molecular formula is C10H20F3NS. The maximum atomic E-state index is 12.0. The molecule has 0 rings (SSSR count). The van der Waals surface area contributed by atoms with Crippen LogP contribution in [0.5, 0.6) is 0 Å². The van der Waals surface area contributed by atoms with Crippen LogP contribution >= 0.6 is 11.8 Å². The van der Waals surface area contributed by atoms with E-state index in [9.17, 15) is 13.2 Å². The first kappa shape index (κ1) is 15.1. The number of nitrogens with one attached hydrogen (secondary N) is 1. The monoisotopic (exact) mass is 243 g/mol. The summed E-state index contributed by atoms with van der Waals surface area (Å²) in [7, 11) is 1.72. The van der Waals surface area contributed by atoms with Gasteiger partial charge in [0.25, 0.3) is 0 Å². The summed E-state index contributed by atoms with van der Waals surface area (Å²) >= 11 is 1.71. The number of alkyl halides is 3. The van der Waals surface area contributed by atoms with Crippen LogP contribution in [-0.2, 0) is 0 Å². The van der Waals surface area contributed by atoms with Crippen molar-refractivity contribution in [2.75, 3.05) is 18.6 Å². The largest absolute Gasteiger partial charge is 0.389 e. The summed E-state index contributed by atoms with van der Waals surface area (Å²) in [5, 5.41) is 2.93. The Balaban J connectivity index is 3.64. The van der Waals surface area contributed by atoms with E-state index >= 15 is 0 Å². The van der Waals surface area contributed by atoms with E-state index in [1.165, 1.54) is 0 Å². The summed E-state index contributed by atoms with van der Waals surface area (Å²) < 4.78 is 35.9. The van der Waals surface area contributed by atoms with Gasteiger partial charge in [0.15, 0.2) is 0 Å². The van der Waals surface area contributed by atoms with Gasteiger partial charge in [0.1, 0.15) is 0 Å². The lowest BCUT2D eigenvalue weighted by Crippen LogP contribution is -2.29. The minimum atomic E-state index is -4.03. The number of hydrogen-bond donors (Lipinski definition) is 1. The van der Waals surface area contributed by atoms with Crippen molar-refractivity contribution in [3.8, 4) is 0 Å². The van der Waals surface area contributed by atoms with E-state index in [0.29, 0.717) is 5.92 Å². The van der Waals surface area contributed by atoms with Gasteiger partial charge in [0, 0.05) is 18.2 Å². The third-order valence-corrected chi connectivity index (χ3v) is 3.50. The molecule has 0 aliphatic carbocycles. The molecule has 1 nitrogen and oxygen atoms in total. The van der Waals surface area contributed by atoms with Gasteiger partial charge in [-0.1, -0.05) is 13.8 Å². The molecule has 1 unspecified atom stereocenters. The molecule has 0 saturated carbocycles. The van der Waals surface area contributed by atoms with E-state index in [1.54, 1.807) is 18.8 Å². The molecule has 0 amide bonds. The third kappa shape index (κ3) is 10.4. The number of hydrogen-bond acceptors (Lipinski definition) is 2. The highest BCUT2D eigenvalue weighted by Gasteiger charge is 2.27. The zero-order valence-electron chi connectivity index (χ0n) is 9.53. The van der Waals surface area contributed by atoms with Crippen molar-refractivity contribution < 1.29 is 13.2 Å². The fourth-order valence-corrected chi connectivity index (χ4v) is 2.32. The quantitative estimate of drug-likeness (QED) is 0.736. The molecule has 5 heteroatoms. The van der Waals surface area contributed by atoms with Gasteiger partial charge in [0.2, 0.25) is 0 Å². The minimum absolute atomic E-state index is 0.0321. The molecule has 0 bridgehead atoms. The van der Waals surface area contributed by atoms with Crippen molar-refractivity contribution in [3.63, 3.8) is 0 Å². The maximum Gasteiger partial charge on any atom is 0.389 e. The van der Waals surface area contributed by atoms with Gasteiger partial charge in [-0.15, -0.1) is 0 Å². The Morgan fingerprint density at radius 1 is 1.20 bits per heavy atom. The van der Waals surface area contributed by atoms with Crippen LogP contribution in [0.2, 0.25) is 0 Å². The van der Waals surface area contributed by atoms with Gasteiger partial charge >= 0.3 is 6.18 Å². The van der Waals surface area contributed by atoms with Gasteiger partial charge in [-0.05, 0) is 25.1 Å². The van der Waals surface area contributed by atoms with Gasteiger partial charge in [-0.25, -0.2) is 0 Å². The van der Waals surface area contributed by atoms with Gasteiger partial charge in [-0.3, -0.25) is 0 Å². The van der Waals surface area contributed by atoms with Gasteiger partial charge in [0.05, 0.1) is 0 Å². The third-order valence-electron chi connectivity index (χ3n) is 1.95. The van der Waals surface area contributed by atoms with Crippen molar-refractivity contribution in [1.29, 1.82) is 0 Å². The summed E-state index contributed by atoms with van der Waals surface area (Å²) in [4.78, 5) is 0. The molecule has 0 aliphatic heterocycles. The normalized spacial score (nSPS) is 14.6. The van der Waals surface area contributed by atoms with Crippen molar-refractivity contribution >= 4 is 11.8 Å². The lowest BCUT2D eigenvalue weighted by molar-refractivity contribution is -0.136. The SMILES string of the molecule is CNC(CCC(F)(F)F)CSCC(C)C. The predicted octanol–water partition coefficient (Wildman–Crippen LogP) is 3.31. The first-order valence-corrected chi connectivity index (χ1v) is 6.32. The number of rotatable bonds is 7. The van der Waals surface area contributed by atoms with Crippen LogP contribution in [0.25, 0.3) is 0 Å². The van der Waals surface area contributed by atoms with Crippen LogP contribution in [0, 0.1) is 5.92 Å². The Morgan fingerprint density at radius 3 is 2.20 bits per heavy atom. The predicted molar refractivity (Wildman–Crippen MR) is 60.3 cm³/mol. The van der Waals surface area contributed by atoms with E-state index < -0.39 is 12.6 Å². The Morgan fingerprint density at radius 2 is 1.80 bits per heavy atom. The zero-order chi connectivity index (χ0) is 11.9. The van der Waals surface area contributed by atoms with Crippen molar-refractivity contribution in [1.82, 2.24) is 5.32 Å². The maximum absolute atomic E-state index is 12.0. The Labute approximate surface area is 94.2 Å². The minimum Gasteiger partial charge on any atom is -0.316 e. The summed E-state index contributed by atoms with van der Waals surface area (Å²) in [5.41, 5.74) is 0. The summed E-state index contributed by atoms with van der Waals surface area (Å²) in [5.74, 6) is 2.35. The van der Waals surface area contributed by atoms with Gasteiger partial charge in [-0.2, -0.15) is 24.9 Å². The second kappa shape index (κ2) is 7.39. The van der Waals surface area contributed by atoms with Crippen molar-refractivity contribution in [2.24, 2.45) is 5.92 Å². The van der Waals surface area contributed by atoms with E-state index in [0.717, 1.165) is 11.5 Å². The topological polar surface area (TPSA) is 12.0 Å². The zero-order valence-corrected chi connectivity index (χ0v) is 10.3. The van der Waals surface area contributed by atoms with Crippen LogP contribution in [0.15, 0.2) is 0 Å². The van der Waals surface area contributed by atoms with Gasteiger partial charge < -0.3 is 5.32 Å². The van der Waals surface area contributed by atoms with Crippen molar-refractivity contribution in [2.45, 2.75) is 38.9 Å². The molecule has 0 aromatic heterocycles. The van der Waals surface area contributed by atoms with Crippen LogP contribution < -0.4 is 5.32 Å². The number of thioether (sulfide) groups is 1. The average Bonchev–Trinajstić information content (AvgIpc) is 2.08. The first-order valence-electron chi connectivity index (χ1n) is 5.17. The standard InChI is InChI=1S/C10H20F3NS/c1-8(2)6-15-7-9(14-3)4-5-10(11,12)13/h8-9,14H,4-7H2,1-3H3. The molecule has 0 aliphatic rings.